The van der Waals surface area contributed by atoms with Gasteiger partial charge in [0.1, 0.15) is 17.0 Å². The summed E-state index contributed by atoms with van der Waals surface area (Å²) in [5, 5.41) is 5.99. The standard InChI is InChI=1S/C18H17N3O4S/c1-11-19-13(10-26-11)17(22)20-15-12-4-2-3-5-14(12)25-16(15)18(23)21-6-8-24-9-7-21/h2-5,10H,6-9H2,1H3,(H,20,22). The summed E-state index contributed by atoms with van der Waals surface area (Å²) < 4.78 is 11.1. The van der Waals surface area contributed by atoms with Crippen molar-refractivity contribution in [2.45, 2.75) is 6.92 Å². The molecule has 0 aliphatic carbocycles. The third kappa shape index (κ3) is 3.09. The number of carbonyl (C=O) groups is 2. The molecule has 7 nitrogen and oxygen atoms in total. The minimum Gasteiger partial charge on any atom is -0.449 e. The largest absolute Gasteiger partial charge is 0.449 e. The molecule has 0 bridgehead atoms. The minimum absolute atomic E-state index is 0.133. The smallest absolute Gasteiger partial charge is 0.291 e. The molecule has 4 rings (SSSR count). The van der Waals surface area contributed by atoms with E-state index in [2.05, 4.69) is 10.3 Å². The number of fused-ring (bicyclic) bond motifs is 1. The number of rotatable bonds is 3. The van der Waals surface area contributed by atoms with Crippen molar-refractivity contribution in [3.8, 4) is 0 Å². The molecule has 1 N–H and O–H groups in total. The number of nitrogens with one attached hydrogen (secondary N) is 1. The normalized spacial score (nSPS) is 14.6. The van der Waals surface area contributed by atoms with Crippen LogP contribution in [0.15, 0.2) is 34.1 Å². The summed E-state index contributed by atoms with van der Waals surface area (Å²) in [7, 11) is 0. The second-order valence-corrected chi connectivity index (χ2v) is 6.98. The monoisotopic (exact) mass is 371 g/mol. The number of benzene rings is 1. The van der Waals surface area contributed by atoms with Crippen molar-refractivity contribution >= 4 is 39.8 Å². The first kappa shape index (κ1) is 16.7. The van der Waals surface area contributed by atoms with E-state index in [0.717, 1.165) is 5.01 Å². The Hall–Kier alpha value is -2.71. The zero-order chi connectivity index (χ0) is 18.1. The van der Waals surface area contributed by atoms with Gasteiger partial charge in [0.05, 0.1) is 18.2 Å². The number of carbonyl (C=O) groups excluding carboxylic acids is 2. The Kier molecular flexibility index (Phi) is 4.44. The van der Waals surface area contributed by atoms with Gasteiger partial charge in [0.2, 0.25) is 5.76 Å². The van der Waals surface area contributed by atoms with E-state index in [-0.39, 0.29) is 17.6 Å². The summed E-state index contributed by atoms with van der Waals surface area (Å²) in [4.78, 5) is 31.4. The highest BCUT2D eigenvalue weighted by molar-refractivity contribution is 7.09. The van der Waals surface area contributed by atoms with Gasteiger partial charge in [-0.25, -0.2) is 4.98 Å². The van der Waals surface area contributed by atoms with Crippen LogP contribution >= 0.6 is 11.3 Å². The van der Waals surface area contributed by atoms with Crippen molar-refractivity contribution in [1.82, 2.24) is 9.88 Å². The highest BCUT2D eigenvalue weighted by Crippen LogP contribution is 2.32. The van der Waals surface area contributed by atoms with Gasteiger partial charge < -0.3 is 19.4 Å². The topological polar surface area (TPSA) is 84.7 Å². The van der Waals surface area contributed by atoms with Crippen LogP contribution in [0.5, 0.6) is 0 Å². The lowest BCUT2D eigenvalue weighted by Gasteiger charge is -2.26. The molecule has 0 atom stereocenters. The van der Waals surface area contributed by atoms with Crippen molar-refractivity contribution in [1.29, 1.82) is 0 Å². The molecule has 3 heterocycles. The fourth-order valence-corrected chi connectivity index (χ4v) is 3.47. The minimum atomic E-state index is -0.364. The first-order valence-electron chi connectivity index (χ1n) is 8.25. The van der Waals surface area contributed by atoms with Gasteiger partial charge in [0, 0.05) is 23.9 Å². The molecule has 3 aromatic rings. The molecule has 0 spiro atoms. The van der Waals surface area contributed by atoms with Gasteiger partial charge in [0.15, 0.2) is 0 Å². The molecular weight excluding hydrogens is 354 g/mol. The fraction of sp³-hybridized carbons (Fsp3) is 0.278. The Morgan fingerprint density at radius 2 is 2.00 bits per heavy atom. The number of thiazole rings is 1. The number of anilines is 1. The lowest BCUT2D eigenvalue weighted by Crippen LogP contribution is -2.40. The van der Waals surface area contributed by atoms with Gasteiger partial charge in [-0.1, -0.05) is 12.1 Å². The second-order valence-electron chi connectivity index (χ2n) is 5.91. The summed E-state index contributed by atoms with van der Waals surface area (Å²) in [5.41, 5.74) is 1.25. The zero-order valence-electron chi connectivity index (χ0n) is 14.2. The predicted octanol–water partition coefficient (Wildman–Crippen LogP) is 2.92. The molecule has 26 heavy (non-hydrogen) atoms. The van der Waals surface area contributed by atoms with Gasteiger partial charge in [-0.15, -0.1) is 11.3 Å². The number of amides is 2. The van der Waals surface area contributed by atoms with Crippen LogP contribution in [0.25, 0.3) is 11.0 Å². The number of hydrogen-bond acceptors (Lipinski definition) is 6. The Morgan fingerprint density at radius 1 is 1.23 bits per heavy atom. The van der Waals surface area contributed by atoms with E-state index in [4.69, 9.17) is 9.15 Å². The van der Waals surface area contributed by atoms with E-state index in [0.29, 0.717) is 48.7 Å². The van der Waals surface area contributed by atoms with Crippen LogP contribution in [0.3, 0.4) is 0 Å². The Balaban J connectivity index is 1.71. The molecule has 0 saturated carbocycles. The molecule has 8 heteroatoms. The maximum atomic E-state index is 12.9. The van der Waals surface area contributed by atoms with E-state index in [9.17, 15) is 9.59 Å². The summed E-state index contributed by atoms with van der Waals surface area (Å²) in [6.45, 7) is 3.81. The predicted molar refractivity (Wildman–Crippen MR) is 97.7 cm³/mol. The quantitative estimate of drug-likeness (QED) is 0.765. The number of furan rings is 1. The van der Waals surface area contributed by atoms with Crippen LogP contribution in [0, 0.1) is 6.92 Å². The van der Waals surface area contributed by atoms with E-state index in [1.807, 2.05) is 25.1 Å². The van der Waals surface area contributed by atoms with Gasteiger partial charge in [-0.05, 0) is 19.1 Å². The molecule has 1 aliphatic rings. The summed E-state index contributed by atoms with van der Waals surface area (Å²) >= 11 is 1.40. The second kappa shape index (κ2) is 6.89. The highest BCUT2D eigenvalue weighted by atomic mass is 32.1. The number of para-hydroxylation sites is 1. The molecule has 1 fully saturated rings. The number of aryl methyl sites for hydroxylation is 1. The van der Waals surface area contributed by atoms with Crippen LogP contribution in [0.1, 0.15) is 26.1 Å². The van der Waals surface area contributed by atoms with E-state index in [1.54, 1.807) is 16.3 Å². The van der Waals surface area contributed by atoms with Crippen LogP contribution < -0.4 is 5.32 Å². The van der Waals surface area contributed by atoms with Crippen molar-refractivity contribution in [3.05, 3.63) is 46.1 Å². The molecule has 2 amide bonds. The van der Waals surface area contributed by atoms with Gasteiger partial charge in [-0.3, -0.25) is 9.59 Å². The molecular formula is C18H17N3O4S. The van der Waals surface area contributed by atoms with E-state index in [1.165, 1.54) is 11.3 Å². The van der Waals surface area contributed by atoms with Crippen LogP contribution in [-0.4, -0.2) is 48.0 Å². The van der Waals surface area contributed by atoms with Crippen LogP contribution in [-0.2, 0) is 4.74 Å². The molecule has 1 aromatic carbocycles. The average molecular weight is 371 g/mol. The molecule has 1 saturated heterocycles. The first-order chi connectivity index (χ1) is 12.6. The average Bonchev–Trinajstić information content (AvgIpc) is 3.26. The van der Waals surface area contributed by atoms with Gasteiger partial charge >= 0.3 is 0 Å². The van der Waals surface area contributed by atoms with Gasteiger partial charge in [-0.2, -0.15) is 0 Å². The zero-order valence-corrected chi connectivity index (χ0v) is 15.0. The third-order valence-electron chi connectivity index (χ3n) is 4.18. The number of aromatic nitrogens is 1. The van der Waals surface area contributed by atoms with Gasteiger partial charge in [0.25, 0.3) is 11.8 Å². The maximum Gasteiger partial charge on any atom is 0.291 e. The van der Waals surface area contributed by atoms with Crippen LogP contribution in [0.2, 0.25) is 0 Å². The molecule has 0 radical (unpaired) electrons. The van der Waals surface area contributed by atoms with E-state index >= 15 is 0 Å². The Morgan fingerprint density at radius 3 is 2.73 bits per heavy atom. The fourth-order valence-electron chi connectivity index (χ4n) is 2.88. The number of nitrogens with zero attached hydrogens (tertiary/aromatic N) is 2. The molecule has 0 unspecified atom stereocenters. The SMILES string of the molecule is Cc1nc(C(=O)Nc2c(C(=O)N3CCOCC3)oc3ccccc23)cs1. The first-order valence-corrected chi connectivity index (χ1v) is 9.13. The van der Waals surface area contributed by atoms with Crippen molar-refractivity contribution in [2.24, 2.45) is 0 Å². The summed E-state index contributed by atoms with van der Waals surface area (Å²) in [6.07, 6.45) is 0. The Labute approximate surface area is 153 Å². The maximum absolute atomic E-state index is 12.9. The van der Waals surface area contributed by atoms with Crippen molar-refractivity contribution in [3.63, 3.8) is 0 Å². The van der Waals surface area contributed by atoms with E-state index < -0.39 is 0 Å². The summed E-state index contributed by atoms with van der Waals surface area (Å²) in [6, 6.07) is 7.25. The number of morpholine rings is 1. The number of ether oxygens (including phenoxy) is 1. The molecule has 2 aromatic heterocycles. The van der Waals surface area contributed by atoms with Crippen molar-refractivity contribution in [2.75, 3.05) is 31.6 Å². The Bertz CT molecular complexity index is 972. The summed E-state index contributed by atoms with van der Waals surface area (Å²) in [5.74, 6) is -0.486. The lowest BCUT2D eigenvalue weighted by atomic mass is 10.2. The van der Waals surface area contributed by atoms with Crippen molar-refractivity contribution < 1.29 is 18.7 Å². The molecule has 134 valence electrons. The lowest BCUT2D eigenvalue weighted by molar-refractivity contribution is 0.0285. The third-order valence-corrected chi connectivity index (χ3v) is 4.95. The van der Waals surface area contributed by atoms with Crippen LogP contribution in [0.4, 0.5) is 5.69 Å². The number of hydrogen-bond donors (Lipinski definition) is 1. The molecule has 1 aliphatic heterocycles. The highest BCUT2D eigenvalue weighted by Gasteiger charge is 2.28.